The topological polar surface area (TPSA) is 103 Å². The summed E-state index contributed by atoms with van der Waals surface area (Å²) >= 11 is 7.12. The van der Waals surface area contributed by atoms with E-state index in [0.29, 0.717) is 21.5 Å². The third kappa shape index (κ3) is 5.62. The van der Waals surface area contributed by atoms with Crippen molar-refractivity contribution in [3.63, 3.8) is 0 Å². The Morgan fingerprint density at radius 1 is 1.15 bits per heavy atom. The Morgan fingerprint density at radius 2 is 1.88 bits per heavy atom. The van der Waals surface area contributed by atoms with Crippen LogP contribution in [0, 0.1) is 10.1 Å². The van der Waals surface area contributed by atoms with Gasteiger partial charge in [0.05, 0.1) is 15.9 Å². The number of hydrogen-bond acceptors (Lipinski definition) is 6. The fourth-order valence-electron chi connectivity index (χ4n) is 3.39. The molecule has 8 nitrogen and oxygen atoms in total. The van der Waals surface area contributed by atoms with Gasteiger partial charge in [0.1, 0.15) is 6.33 Å². The van der Waals surface area contributed by atoms with E-state index in [9.17, 15) is 14.9 Å². The number of nitrogens with one attached hydrogen (secondary N) is 1. The van der Waals surface area contributed by atoms with Crippen molar-refractivity contribution >= 4 is 35.0 Å². The lowest BCUT2D eigenvalue weighted by Gasteiger charge is -2.20. The minimum absolute atomic E-state index is 0.172. The van der Waals surface area contributed by atoms with Gasteiger partial charge in [-0.15, -0.1) is 10.2 Å². The van der Waals surface area contributed by atoms with Crippen LogP contribution in [-0.2, 0) is 13.5 Å². The number of hydrogen-bond donors (Lipinski definition) is 1. The lowest BCUT2D eigenvalue weighted by molar-refractivity contribution is -0.387. The number of halogens is 1. The van der Waals surface area contributed by atoms with E-state index in [4.69, 9.17) is 11.6 Å². The summed E-state index contributed by atoms with van der Waals surface area (Å²) in [5.74, 6) is -0.402. The summed E-state index contributed by atoms with van der Waals surface area (Å²) < 4.78 is 1.66. The van der Waals surface area contributed by atoms with Crippen molar-refractivity contribution in [1.29, 1.82) is 0 Å². The van der Waals surface area contributed by atoms with Crippen molar-refractivity contribution in [2.24, 2.45) is 7.05 Å². The highest BCUT2D eigenvalue weighted by molar-refractivity contribution is 7.99. The summed E-state index contributed by atoms with van der Waals surface area (Å²) in [4.78, 5) is 24.7. The fraction of sp³-hybridized carbons (Fsp3) is 0.125. The molecule has 4 rings (SSSR count). The summed E-state index contributed by atoms with van der Waals surface area (Å²) in [6, 6.07) is 21.1. The highest BCUT2D eigenvalue weighted by Crippen LogP contribution is 2.34. The van der Waals surface area contributed by atoms with Crippen LogP contribution in [0.2, 0.25) is 5.02 Å². The fourth-order valence-corrected chi connectivity index (χ4v) is 4.36. The summed E-state index contributed by atoms with van der Waals surface area (Å²) in [7, 11) is 1.75. The standard InChI is InChI=1S/C24H20ClN5O3S/c1-29-15-26-28-24(29)34-22-12-9-18(14-21(22)30(32)33)23(31)27-20(17-5-3-2-4-6-17)13-16-7-10-19(25)11-8-16/h2-12,14-15,20H,13H2,1H3,(H,27,31). The van der Waals surface area contributed by atoms with Crippen molar-refractivity contribution in [2.45, 2.75) is 22.5 Å². The molecular formula is C24H20ClN5O3S. The smallest absolute Gasteiger partial charge is 0.284 e. The van der Waals surface area contributed by atoms with Gasteiger partial charge in [-0.25, -0.2) is 0 Å². The molecule has 34 heavy (non-hydrogen) atoms. The summed E-state index contributed by atoms with van der Waals surface area (Å²) in [6.07, 6.45) is 2.05. The highest BCUT2D eigenvalue weighted by Gasteiger charge is 2.22. The molecule has 0 aliphatic heterocycles. The second-order valence-electron chi connectivity index (χ2n) is 7.53. The van der Waals surface area contributed by atoms with Crippen molar-refractivity contribution in [3.8, 4) is 0 Å². The molecule has 0 aliphatic rings. The molecule has 0 spiro atoms. The third-order valence-corrected chi connectivity index (χ3v) is 6.52. The van der Waals surface area contributed by atoms with Crippen LogP contribution in [0.1, 0.15) is 27.5 Å². The van der Waals surface area contributed by atoms with Crippen LogP contribution < -0.4 is 5.32 Å². The molecule has 0 aliphatic carbocycles. The van der Waals surface area contributed by atoms with Gasteiger partial charge in [0.2, 0.25) is 0 Å². The molecule has 0 fully saturated rings. The molecule has 4 aromatic rings. The molecule has 172 valence electrons. The molecule has 10 heteroatoms. The van der Waals surface area contributed by atoms with Gasteiger partial charge in [-0.2, -0.15) is 0 Å². The quantitative estimate of drug-likeness (QED) is 0.266. The second kappa shape index (κ2) is 10.5. The molecule has 1 amide bonds. The zero-order chi connectivity index (χ0) is 24.1. The monoisotopic (exact) mass is 493 g/mol. The van der Waals surface area contributed by atoms with Crippen molar-refractivity contribution < 1.29 is 9.72 Å². The van der Waals surface area contributed by atoms with E-state index in [1.54, 1.807) is 35.9 Å². The number of aryl methyl sites for hydroxylation is 1. The number of aromatic nitrogens is 3. The van der Waals surface area contributed by atoms with Crippen LogP contribution in [0.25, 0.3) is 0 Å². The Hall–Kier alpha value is -3.69. The third-order valence-electron chi connectivity index (χ3n) is 5.15. The Morgan fingerprint density at radius 3 is 2.53 bits per heavy atom. The van der Waals surface area contributed by atoms with E-state index >= 15 is 0 Å². The van der Waals surface area contributed by atoms with Crippen LogP contribution in [0.4, 0.5) is 5.69 Å². The van der Waals surface area contributed by atoms with Gasteiger partial charge in [0.25, 0.3) is 11.6 Å². The maximum absolute atomic E-state index is 13.1. The van der Waals surface area contributed by atoms with Crippen LogP contribution in [-0.4, -0.2) is 25.6 Å². The van der Waals surface area contributed by atoms with Crippen LogP contribution in [0.5, 0.6) is 0 Å². The molecule has 1 aromatic heterocycles. The first-order valence-electron chi connectivity index (χ1n) is 10.3. The first-order valence-corrected chi connectivity index (χ1v) is 11.5. The van der Waals surface area contributed by atoms with Crippen LogP contribution in [0.15, 0.2) is 89.2 Å². The van der Waals surface area contributed by atoms with E-state index < -0.39 is 10.8 Å². The molecule has 1 unspecified atom stereocenters. The number of nitrogens with zero attached hydrogens (tertiary/aromatic N) is 4. The van der Waals surface area contributed by atoms with E-state index in [-0.39, 0.29) is 17.3 Å². The Bertz CT molecular complexity index is 1310. The Labute approximate surface area is 205 Å². The second-order valence-corrected chi connectivity index (χ2v) is 8.98. The summed E-state index contributed by atoms with van der Waals surface area (Å²) in [6.45, 7) is 0. The molecule has 0 saturated carbocycles. The van der Waals surface area contributed by atoms with Gasteiger partial charge < -0.3 is 9.88 Å². The maximum atomic E-state index is 13.1. The average Bonchev–Trinajstić information content (AvgIpc) is 3.24. The van der Waals surface area contributed by atoms with Gasteiger partial charge in [-0.05, 0) is 53.6 Å². The first-order chi connectivity index (χ1) is 16.4. The predicted octanol–water partition coefficient (Wildman–Crippen LogP) is 5.24. The van der Waals surface area contributed by atoms with Crippen LogP contribution >= 0.6 is 23.4 Å². The van der Waals surface area contributed by atoms with Crippen molar-refractivity contribution in [2.75, 3.05) is 0 Å². The number of nitro groups is 1. The molecule has 3 aromatic carbocycles. The maximum Gasteiger partial charge on any atom is 0.284 e. The Balaban J connectivity index is 1.59. The van der Waals surface area contributed by atoms with E-state index in [2.05, 4.69) is 15.5 Å². The average molecular weight is 494 g/mol. The van der Waals surface area contributed by atoms with Crippen LogP contribution in [0.3, 0.4) is 0 Å². The number of amides is 1. The molecular weight excluding hydrogens is 474 g/mol. The lowest BCUT2D eigenvalue weighted by atomic mass is 9.98. The minimum Gasteiger partial charge on any atom is -0.345 e. The van der Waals surface area contributed by atoms with Gasteiger partial charge in [0.15, 0.2) is 5.16 Å². The minimum atomic E-state index is -0.502. The zero-order valence-corrected chi connectivity index (χ0v) is 19.7. The van der Waals surface area contributed by atoms with Gasteiger partial charge in [-0.3, -0.25) is 14.9 Å². The van der Waals surface area contributed by atoms with Gasteiger partial charge in [0, 0.05) is 23.7 Å². The molecule has 1 heterocycles. The van der Waals surface area contributed by atoms with Gasteiger partial charge in [-0.1, -0.05) is 54.1 Å². The number of benzene rings is 3. The normalized spacial score (nSPS) is 11.7. The van der Waals surface area contributed by atoms with Crippen molar-refractivity contribution in [3.05, 3.63) is 111 Å². The largest absolute Gasteiger partial charge is 0.345 e. The van der Waals surface area contributed by atoms with Gasteiger partial charge >= 0.3 is 0 Å². The molecule has 0 saturated heterocycles. The SMILES string of the molecule is Cn1cnnc1Sc1ccc(C(=O)NC(Cc2ccc(Cl)cc2)c2ccccc2)cc1[N+](=O)[O-]. The molecule has 1 N–H and O–H groups in total. The number of carbonyl (C=O) groups is 1. The number of carbonyl (C=O) groups excluding carboxylic acids is 1. The van der Waals surface area contributed by atoms with E-state index in [1.165, 1.54) is 12.4 Å². The predicted molar refractivity (Wildman–Crippen MR) is 130 cm³/mol. The molecule has 0 bridgehead atoms. The van der Waals surface area contributed by atoms with Crippen molar-refractivity contribution in [1.82, 2.24) is 20.1 Å². The Kier molecular flexibility index (Phi) is 7.24. The number of rotatable bonds is 8. The summed E-state index contributed by atoms with van der Waals surface area (Å²) in [5.41, 5.74) is 1.95. The highest BCUT2D eigenvalue weighted by atomic mass is 35.5. The molecule has 1 atom stereocenters. The first kappa shape index (κ1) is 23.5. The lowest BCUT2D eigenvalue weighted by Crippen LogP contribution is -2.30. The van der Waals surface area contributed by atoms with E-state index in [1.807, 2.05) is 42.5 Å². The summed E-state index contributed by atoms with van der Waals surface area (Å²) in [5, 5.41) is 23.6. The zero-order valence-electron chi connectivity index (χ0n) is 18.1. The molecule has 0 radical (unpaired) electrons. The van der Waals surface area contributed by atoms with E-state index in [0.717, 1.165) is 22.9 Å². The number of nitro benzene ring substituents is 1.